The predicted molar refractivity (Wildman–Crippen MR) is 62.3 cm³/mol. The highest BCUT2D eigenvalue weighted by Gasteiger charge is 2.29. The first-order valence-corrected chi connectivity index (χ1v) is 5.53. The normalized spacial score (nSPS) is 20.2. The number of alkyl halides is 3. The smallest absolute Gasteiger partial charge is 0.166 e. The number of benzene rings is 1. The second-order valence-electron chi connectivity index (χ2n) is 4.31. The zero-order valence-corrected chi connectivity index (χ0v) is 9.46. The van der Waals surface area contributed by atoms with Gasteiger partial charge in [0, 0.05) is 0 Å². The molecular formula is C14H13F3. The maximum Gasteiger partial charge on any atom is 0.416 e. The van der Waals surface area contributed by atoms with Crippen LogP contribution in [0.5, 0.6) is 0 Å². The molecule has 0 aromatic heterocycles. The van der Waals surface area contributed by atoms with Gasteiger partial charge in [0.15, 0.2) is 0 Å². The summed E-state index contributed by atoms with van der Waals surface area (Å²) in [6, 6.07) is 5.30. The molecule has 0 saturated carbocycles. The third-order valence-corrected chi connectivity index (χ3v) is 2.86. The van der Waals surface area contributed by atoms with Crippen LogP contribution >= 0.6 is 0 Å². The molecule has 0 spiro atoms. The molecule has 0 nitrogen and oxygen atoms in total. The first-order chi connectivity index (χ1) is 7.97. The molecule has 0 N–H and O–H groups in total. The highest BCUT2D eigenvalue weighted by molar-refractivity contribution is 5.75. The molecule has 1 atom stereocenters. The molecule has 1 aromatic rings. The minimum Gasteiger partial charge on any atom is -0.166 e. The van der Waals surface area contributed by atoms with Crippen LogP contribution in [0, 0.1) is 5.92 Å². The van der Waals surface area contributed by atoms with Gasteiger partial charge in [-0.25, -0.2) is 0 Å². The molecule has 1 aliphatic rings. The van der Waals surface area contributed by atoms with Crippen LogP contribution in [0.1, 0.15) is 24.5 Å². The van der Waals surface area contributed by atoms with Gasteiger partial charge in [-0.3, -0.25) is 0 Å². The standard InChI is InChI=1S/C14H13F3/c1-10-2-4-11(5-3-10)12-6-8-13(9-7-12)14(15,16)17/h2,4-10H,3H2,1H3. The Balaban J connectivity index is 2.22. The summed E-state index contributed by atoms with van der Waals surface area (Å²) in [6.45, 7) is 2.11. The van der Waals surface area contributed by atoms with Crippen molar-refractivity contribution < 1.29 is 13.2 Å². The molecule has 0 aliphatic heterocycles. The van der Waals surface area contributed by atoms with Crippen molar-refractivity contribution in [3.8, 4) is 0 Å². The van der Waals surface area contributed by atoms with Gasteiger partial charge in [0.05, 0.1) is 5.56 Å². The van der Waals surface area contributed by atoms with Crippen LogP contribution in [0.25, 0.3) is 5.57 Å². The molecular weight excluding hydrogens is 225 g/mol. The van der Waals surface area contributed by atoms with Crippen LogP contribution in [0.2, 0.25) is 0 Å². The highest BCUT2D eigenvalue weighted by atomic mass is 19.4. The van der Waals surface area contributed by atoms with Crippen LogP contribution in [0.3, 0.4) is 0 Å². The SMILES string of the molecule is CC1C=CC(c2ccc(C(F)(F)F)cc2)=CC1. The van der Waals surface area contributed by atoms with Crippen molar-refractivity contribution in [2.75, 3.05) is 0 Å². The summed E-state index contributed by atoms with van der Waals surface area (Å²) in [6.07, 6.45) is 2.79. The van der Waals surface area contributed by atoms with E-state index in [-0.39, 0.29) is 0 Å². The Hall–Kier alpha value is -1.51. The van der Waals surface area contributed by atoms with Crippen molar-refractivity contribution in [1.29, 1.82) is 0 Å². The number of hydrogen-bond acceptors (Lipinski definition) is 0. The lowest BCUT2D eigenvalue weighted by Crippen LogP contribution is -2.04. The third-order valence-electron chi connectivity index (χ3n) is 2.86. The van der Waals surface area contributed by atoms with Gasteiger partial charge >= 0.3 is 6.18 Å². The quantitative estimate of drug-likeness (QED) is 0.666. The van der Waals surface area contributed by atoms with Crippen LogP contribution in [-0.2, 0) is 6.18 Å². The van der Waals surface area contributed by atoms with Crippen molar-refractivity contribution in [2.24, 2.45) is 5.92 Å². The van der Waals surface area contributed by atoms with Crippen LogP contribution in [-0.4, -0.2) is 0 Å². The van der Waals surface area contributed by atoms with E-state index < -0.39 is 11.7 Å². The van der Waals surface area contributed by atoms with E-state index in [1.165, 1.54) is 12.1 Å². The molecule has 2 rings (SSSR count). The number of rotatable bonds is 1. The molecule has 0 saturated heterocycles. The summed E-state index contributed by atoms with van der Waals surface area (Å²) in [7, 11) is 0. The molecule has 3 heteroatoms. The Labute approximate surface area is 98.5 Å². The monoisotopic (exact) mass is 238 g/mol. The van der Waals surface area contributed by atoms with E-state index in [4.69, 9.17) is 0 Å². The average Bonchev–Trinajstić information content (AvgIpc) is 2.29. The van der Waals surface area contributed by atoms with Gasteiger partial charge in [0.1, 0.15) is 0 Å². The van der Waals surface area contributed by atoms with Gasteiger partial charge in [-0.2, -0.15) is 13.2 Å². The van der Waals surface area contributed by atoms with Crippen LogP contribution in [0.4, 0.5) is 13.2 Å². The van der Waals surface area contributed by atoms with E-state index in [0.717, 1.165) is 29.7 Å². The number of halogens is 3. The van der Waals surface area contributed by atoms with E-state index in [1.54, 1.807) is 0 Å². The molecule has 1 aromatic carbocycles. The Bertz CT molecular complexity index is 449. The number of allylic oxidation sites excluding steroid dienone is 4. The van der Waals surface area contributed by atoms with E-state index in [9.17, 15) is 13.2 Å². The van der Waals surface area contributed by atoms with Gasteiger partial charge in [-0.1, -0.05) is 37.3 Å². The summed E-state index contributed by atoms with van der Waals surface area (Å²) >= 11 is 0. The van der Waals surface area contributed by atoms with Crippen molar-refractivity contribution in [3.05, 3.63) is 53.6 Å². The largest absolute Gasteiger partial charge is 0.416 e. The van der Waals surface area contributed by atoms with Crippen molar-refractivity contribution in [2.45, 2.75) is 19.5 Å². The molecule has 0 amide bonds. The summed E-state index contributed by atoms with van der Waals surface area (Å²) in [5.41, 5.74) is 1.23. The van der Waals surface area contributed by atoms with Crippen molar-refractivity contribution >= 4 is 5.57 Å². The van der Waals surface area contributed by atoms with E-state index >= 15 is 0 Å². The Kier molecular flexibility index (Phi) is 3.09. The first kappa shape index (κ1) is 12.0. The second-order valence-corrected chi connectivity index (χ2v) is 4.31. The van der Waals surface area contributed by atoms with Crippen LogP contribution < -0.4 is 0 Å². The maximum atomic E-state index is 12.4. The Morgan fingerprint density at radius 2 is 1.76 bits per heavy atom. The van der Waals surface area contributed by atoms with Gasteiger partial charge in [0.25, 0.3) is 0 Å². The maximum absolute atomic E-state index is 12.4. The topological polar surface area (TPSA) is 0 Å². The van der Waals surface area contributed by atoms with Gasteiger partial charge < -0.3 is 0 Å². The molecule has 0 radical (unpaired) electrons. The molecule has 0 bridgehead atoms. The fraction of sp³-hybridized carbons (Fsp3) is 0.286. The Morgan fingerprint density at radius 1 is 1.12 bits per heavy atom. The average molecular weight is 238 g/mol. The van der Waals surface area contributed by atoms with E-state index in [0.29, 0.717) is 5.92 Å². The van der Waals surface area contributed by atoms with Crippen molar-refractivity contribution in [3.63, 3.8) is 0 Å². The highest BCUT2D eigenvalue weighted by Crippen LogP contribution is 2.31. The van der Waals surface area contributed by atoms with Crippen LogP contribution in [0.15, 0.2) is 42.5 Å². The molecule has 0 heterocycles. The minimum absolute atomic E-state index is 0.508. The molecule has 1 aliphatic carbocycles. The molecule has 90 valence electrons. The van der Waals surface area contributed by atoms with Crippen molar-refractivity contribution in [1.82, 2.24) is 0 Å². The first-order valence-electron chi connectivity index (χ1n) is 5.53. The summed E-state index contributed by atoms with van der Waals surface area (Å²) in [5.74, 6) is 0.508. The third kappa shape index (κ3) is 2.78. The summed E-state index contributed by atoms with van der Waals surface area (Å²) < 4.78 is 37.2. The molecule has 0 fully saturated rings. The predicted octanol–water partition coefficient (Wildman–Crippen LogP) is 4.68. The van der Waals surface area contributed by atoms with Gasteiger partial charge in [-0.15, -0.1) is 0 Å². The van der Waals surface area contributed by atoms with Gasteiger partial charge in [0.2, 0.25) is 0 Å². The Morgan fingerprint density at radius 3 is 2.24 bits per heavy atom. The lowest BCUT2D eigenvalue weighted by atomic mass is 9.94. The molecule has 1 unspecified atom stereocenters. The summed E-state index contributed by atoms with van der Waals surface area (Å²) in [4.78, 5) is 0. The zero-order chi connectivity index (χ0) is 12.5. The minimum atomic E-state index is -4.26. The van der Waals surface area contributed by atoms with E-state index in [2.05, 4.69) is 19.1 Å². The molecule has 17 heavy (non-hydrogen) atoms. The summed E-state index contributed by atoms with van der Waals surface area (Å²) in [5, 5.41) is 0. The lowest BCUT2D eigenvalue weighted by Gasteiger charge is -2.13. The number of hydrogen-bond donors (Lipinski definition) is 0. The lowest BCUT2D eigenvalue weighted by molar-refractivity contribution is -0.137. The zero-order valence-electron chi connectivity index (χ0n) is 9.46. The van der Waals surface area contributed by atoms with E-state index in [1.807, 2.05) is 6.08 Å². The fourth-order valence-corrected chi connectivity index (χ4v) is 1.79. The fourth-order valence-electron chi connectivity index (χ4n) is 1.79. The van der Waals surface area contributed by atoms with Gasteiger partial charge in [-0.05, 0) is 35.6 Å². The second kappa shape index (κ2) is 4.40.